The van der Waals surface area contributed by atoms with Crippen LogP contribution < -0.4 is 4.72 Å². The molecule has 0 saturated carbocycles. The second-order valence-electron chi connectivity index (χ2n) is 6.46. The third-order valence-electron chi connectivity index (χ3n) is 3.67. The number of benzene rings is 2. The smallest absolute Gasteiger partial charge is 0.212 e. The number of aryl methyl sites for hydroxylation is 1. The van der Waals surface area contributed by atoms with Gasteiger partial charge in [-0.3, -0.25) is 0 Å². The molecule has 4 heteroatoms. The minimum Gasteiger partial charge on any atom is -0.212 e. The molecule has 0 aromatic heterocycles. The van der Waals surface area contributed by atoms with Crippen molar-refractivity contribution in [1.82, 2.24) is 4.72 Å². The second-order valence-corrected chi connectivity index (χ2v) is 8.21. The first kappa shape index (κ1) is 17.7. The quantitative estimate of drug-likeness (QED) is 0.826. The zero-order valence-electron chi connectivity index (χ0n) is 14.0. The largest absolute Gasteiger partial charge is 0.216 e. The summed E-state index contributed by atoms with van der Waals surface area (Å²) in [6, 6.07) is 17.2. The molecule has 0 fully saturated rings. The topological polar surface area (TPSA) is 46.2 Å². The van der Waals surface area contributed by atoms with E-state index in [1.165, 1.54) is 0 Å². The number of hydrogen-bond donors (Lipinski definition) is 1. The van der Waals surface area contributed by atoms with Gasteiger partial charge in [-0.2, -0.15) is 0 Å². The SMILES string of the molecule is Cc1cccc(CS(=O)(=O)N[C@H](CC(C)C)c2ccccc2)c1. The highest BCUT2D eigenvalue weighted by Crippen LogP contribution is 2.22. The molecule has 0 spiro atoms. The first-order chi connectivity index (χ1) is 10.9. The van der Waals surface area contributed by atoms with Crippen LogP contribution in [0.3, 0.4) is 0 Å². The summed E-state index contributed by atoms with van der Waals surface area (Å²) >= 11 is 0. The average molecular weight is 331 g/mol. The maximum Gasteiger partial charge on any atom is 0.216 e. The van der Waals surface area contributed by atoms with Crippen molar-refractivity contribution in [1.29, 1.82) is 0 Å². The molecule has 0 aliphatic rings. The number of sulfonamides is 1. The molecule has 1 N–H and O–H groups in total. The molecule has 2 aromatic carbocycles. The van der Waals surface area contributed by atoms with Crippen LogP contribution in [-0.4, -0.2) is 8.42 Å². The van der Waals surface area contributed by atoms with Crippen molar-refractivity contribution in [3.05, 3.63) is 71.3 Å². The lowest BCUT2D eigenvalue weighted by Crippen LogP contribution is -2.30. The molecule has 0 aliphatic heterocycles. The van der Waals surface area contributed by atoms with Gasteiger partial charge in [-0.25, -0.2) is 13.1 Å². The molecule has 0 amide bonds. The zero-order valence-corrected chi connectivity index (χ0v) is 14.8. The van der Waals surface area contributed by atoms with Crippen molar-refractivity contribution in [3.8, 4) is 0 Å². The van der Waals surface area contributed by atoms with Crippen LogP contribution in [0.15, 0.2) is 54.6 Å². The minimum atomic E-state index is -3.39. The van der Waals surface area contributed by atoms with Crippen molar-refractivity contribution in [2.75, 3.05) is 0 Å². The summed E-state index contributed by atoms with van der Waals surface area (Å²) in [5, 5.41) is 0. The molecule has 124 valence electrons. The van der Waals surface area contributed by atoms with E-state index in [2.05, 4.69) is 18.6 Å². The van der Waals surface area contributed by atoms with E-state index in [0.29, 0.717) is 5.92 Å². The third-order valence-corrected chi connectivity index (χ3v) is 5.03. The van der Waals surface area contributed by atoms with Crippen molar-refractivity contribution in [2.24, 2.45) is 5.92 Å². The molecule has 0 radical (unpaired) electrons. The van der Waals surface area contributed by atoms with E-state index in [1.54, 1.807) is 0 Å². The van der Waals surface area contributed by atoms with Crippen molar-refractivity contribution < 1.29 is 8.42 Å². The van der Waals surface area contributed by atoms with Gasteiger partial charge in [0.1, 0.15) is 0 Å². The summed E-state index contributed by atoms with van der Waals surface area (Å²) in [6.07, 6.45) is 0.775. The van der Waals surface area contributed by atoms with Gasteiger partial charge >= 0.3 is 0 Å². The fourth-order valence-electron chi connectivity index (χ4n) is 2.69. The van der Waals surface area contributed by atoms with Crippen molar-refractivity contribution in [3.63, 3.8) is 0 Å². The Morgan fingerprint density at radius 3 is 2.30 bits per heavy atom. The highest BCUT2D eigenvalue weighted by atomic mass is 32.2. The van der Waals surface area contributed by atoms with Gasteiger partial charge in [0, 0.05) is 6.04 Å². The maximum atomic E-state index is 12.6. The van der Waals surface area contributed by atoms with E-state index in [4.69, 9.17) is 0 Å². The van der Waals surface area contributed by atoms with Crippen LogP contribution in [0.2, 0.25) is 0 Å². The average Bonchev–Trinajstić information content (AvgIpc) is 2.46. The second kappa shape index (κ2) is 7.75. The van der Waals surface area contributed by atoms with Gasteiger partial charge < -0.3 is 0 Å². The van der Waals surface area contributed by atoms with Crippen molar-refractivity contribution in [2.45, 2.75) is 39.0 Å². The highest BCUT2D eigenvalue weighted by molar-refractivity contribution is 7.88. The summed E-state index contributed by atoms with van der Waals surface area (Å²) < 4.78 is 28.0. The third kappa shape index (κ3) is 5.81. The zero-order chi connectivity index (χ0) is 16.9. The van der Waals surface area contributed by atoms with Gasteiger partial charge in [-0.05, 0) is 30.4 Å². The van der Waals surface area contributed by atoms with Crippen LogP contribution in [0.1, 0.15) is 43.0 Å². The van der Waals surface area contributed by atoms with Crippen molar-refractivity contribution >= 4 is 10.0 Å². The van der Waals surface area contributed by atoms with Crippen LogP contribution in [0, 0.1) is 12.8 Å². The van der Waals surface area contributed by atoms with Crippen LogP contribution in [0.4, 0.5) is 0 Å². The number of rotatable bonds is 7. The van der Waals surface area contributed by atoms with Crippen LogP contribution in [0.5, 0.6) is 0 Å². The first-order valence-electron chi connectivity index (χ1n) is 7.96. The van der Waals surface area contributed by atoms with Crippen LogP contribution in [-0.2, 0) is 15.8 Å². The van der Waals surface area contributed by atoms with E-state index in [-0.39, 0.29) is 11.8 Å². The molecule has 2 rings (SSSR count). The Morgan fingerprint density at radius 2 is 1.70 bits per heavy atom. The molecule has 1 atom stereocenters. The minimum absolute atomic E-state index is 0.0100. The lowest BCUT2D eigenvalue weighted by atomic mass is 9.98. The summed E-state index contributed by atoms with van der Waals surface area (Å²) in [5.74, 6) is 0.415. The van der Waals surface area contributed by atoms with E-state index < -0.39 is 10.0 Å². The Bertz CT molecular complexity index is 724. The summed E-state index contributed by atoms with van der Waals surface area (Å²) in [6.45, 7) is 6.17. The number of nitrogens with one attached hydrogen (secondary N) is 1. The predicted octanol–water partition coefficient (Wildman–Crippen LogP) is 4.20. The monoisotopic (exact) mass is 331 g/mol. The maximum absolute atomic E-state index is 12.6. The van der Waals surface area contributed by atoms with Gasteiger partial charge in [0.05, 0.1) is 5.75 Å². The van der Waals surface area contributed by atoms with E-state index in [0.717, 1.165) is 23.1 Å². The van der Waals surface area contributed by atoms with Gasteiger partial charge in [0.15, 0.2) is 0 Å². The first-order valence-corrected chi connectivity index (χ1v) is 9.61. The molecule has 23 heavy (non-hydrogen) atoms. The van der Waals surface area contributed by atoms with Gasteiger partial charge in [-0.1, -0.05) is 74.0 Å². The van der Waals surface area contributed by atoms with Gasteiger partial charge in [0.2, 0.25) is 10.0 Å². The molecule has 0 heterocycles. The Labute approximate surface area is 139 Å². The molecule has 0 unspecified atom stereocenters. The number of hydrogen-bond acceptors (Lipinski definition) is 2. The van der Waals surface area contributed by atoms with Crippen LogP contribution >= 0.6 is 0 Å². The lowest BCUT2D eigenvalue weighted by molar-refractivity contribution is 0.472. The van der Waals surface area contributed by atoms with Gasteiger partial charge in [0.25, 0.3) is 0 Å². The summed E-state index contributed by atoms with van der Waals surface area (Å²) in [5.41, 5.74) is 2.89. The lowest BCUT2D eigenvalue weighted by Gasteiger charge is -2.21. The highest BCUT2D eigenvalue weighted by Gasteiger charge is 2.20. The van der Waals surface area contributed by atoms with E-state index in [9.17, 15) is 8.42 Å². The Hall–Kier alpha value is -1.65. The Kier molecular flexibility index (Phi) is 5.97. The van der Waals surface area contributed by atoms with Gasteiger partial charge in [-0.15, -0.1) is 0 Å². The molecule has 0 saturated heterocycles. The molecular formula is C19H25NO2S. The molecular weight excluding hydrogens is 306 g/mol. The molecule has 0 bridgehead atoms. The molecule has 3 nitrogen and oxygen atoms in total. The Balaban J connectivity index is 2.17. The predicted molar refractivity (Wildman–Crippen MR) is 95.6 cm³/mol. The summed E-state index contributed by atoms with van der Waals surface area (Å²) in [4.78, 5) is 0. The van der Waals surface area contributed by atoms with Crippen LogP contribution in [0.25, 0.3) is 0 Å². The summed E-state index contributed by atoms with van der Waals surface area (Å²) in [7, 11) is -3.39. The normalized spacial score (nSPS) is 13.2. The van der Waals surface area contributed by atoms with E-state index in [1.807, 2.05) is 61.5 Å². The van der Waals surface area contributed by atoms with E-state index >= 15 is 0 Å². The molecule has 0 aliphatic carbocycles. The fourth-order valence-corrected chi connectivity index (χ4v) is 4.06. The fraction of sp³-hybridized carbons (Fsp3) is 0.368. The molecule has 2 aromatic rings. The Morgan fingerprint density at radius 1 is 1.00 bits per heavy atom. The standard InChI is InChI=1S/C19H25NO2S/c1-15(2)12-19(18-10-5-4-6-11-18)20-23(21,22)14-17-9-7-8-16(3)13-17/h4-11,13,15,19-20H,12,14H2,1-3H3/t19-/m1/s1.